The highest BCUT2D eigenvalue weighted by molar-refractivity contribution is 9.10. The molecule has 0 unspecified atom stereocenters. The van der Waals surface area contributed by atoms with Crippen LogP contribution in [0.2, 0.25) is 5.15 Å². The summed E-state index contributed by atoms with van der Waals surface area (Å²) in [5, 5.41) is 3.61. The number of rotatable bonds is 6. The molecule has 0 aliphatic rings. The minimum absolute atomic E-state index is 0.0423. The van der Waals surface area contributed by atoms with Crippen molar-refractivity contribution in [3.8, 4) is 5.75 Å². The van der Waals surface area contributed by atoms with E-state index in [-0.39, 0.29) is 24.2 Å². The standard InChI is InChI=1S/C20H16BrClN2O4/c1-27-16-6-5-12-7-14(19(22)24-17(12)9-16)11-28-18(25)10-23-20(26)13-3-2-4-15(21)8-13/h2-9H,10-11H2,1H3,(H,23,26). The van der Waals surface area contributed by atoms with Crippen LogP contribution < -0.4 is 10.1 Å². The summed E-state index contributed by atoms with van der Waals surface area (Å²) in [4.78, 5) is 28.3. The van der Waals surface area contributed by atoms with Gasteiger partial charge >= 0.3 is 5.97 Å². The van der Waals surface area contributed by atoms with Crippen molar-refractivity contribution in [1.82, 2.24) is 10.3 Å². The molecule has 0 aliphatic carbocycles. The van der Waals surface area contributed by atoms with Gasteiger partial charge in [0.25, 0.3) is 5.91 Å². The summed E-state index contributed by atoms with van der Waals surface area (Å²) in [5.74, 6) is -0.261. The lowest BCUT2D eigenvalue weighted by atomic mass is 10.1. The Hall–Kier alpha value is -2.64. The Morgan fingerprint density at radius 1 is 1.18 bits per heavy atom. The van der Waals surface area contributed by atoms with Crippen LogP contribution in [0.5, 0.6) is 5.75 Å². The zero-order valence-electron chi connectivity index (χ0n) is 14.9. The first-order valence-corrected chi connectivity index (χ1v) is 9.46. The largest absolute Gasteiger partial charge is 0.497 e. The molecule has 1 amide bonds. The van der Waals surface area contributed by atoms with Crippen LogP contribution in [0.3, 0.4) is 0 Å². The summed E-state index contributed by atoms with van der Waals surface area (Å²) in [6, 6.07) is 14.1. The number of nitrogens with zero attached hydrogens (tertiary/aromatic N) is 1. The van der Waals surface area contributed by atoms with Gasteiger partial charge in [0.05, 0.1) is 12.6 Å². The third-order valence-corrected chi connectivity index (χ3v) is 4.74. The fourth-order valence-corrected chi connectivity index (χ4v) is 3.09. The highest BCUT2D eigenvalue weighted by atomic mass is 79.9. The summed E-state index contributed by atoms with van der Waals surface area (Å²) in [6.45, 7) is -0.291. The normalized spacial score (nSPS) is 10.5. The quantitative estimate of drug-likeness (QED) is 0.439. The number of nitrogens with one attached hydrogen (secondary N) is 1. The van der Waals surface area contributed by atoms with Crippen molar-refractivity contribution in [3.63, 3.8) is 0 Å². The number of hydrogen-bond acceptors (Lipinski definition) is 5. The summed E-state index contributed by atoms with van der Waals surface area (Å²) < 4.78 is 11.1. The van der Waals surface area contributed by atoms with Crippen LogP contribution in [0.1, 0.15) is 15.9 Å². The van der Waals surface area contributed by atoms with Gasteiger partial charge in [0.15, 0.2) is 0 Å². The Morgan fingerprint density at radius 2 is 2.00 bits per heavy atom. The zero-order valence-corrected chi connectivity index (χ0v) is 17.2. The molecule has 1 aromatic heterocycles. The second-order valence-electron chi connectivity index (χ2n) is 5.85. The Labute approximate surface area is 174 Å². The van der Waals surface area contributed by atoms with Crippen molar-refractivity contribution in [2.24, 2.45) is 0 Å². The molecule has 28 heavy (non-hydrogen) atoms. The SMILES string of the molecule is COc1ccc2cc(COC(=O)CNC(=O)c3cccc(Br)c3)c(Cl)nc2c1. The molecule has 1 heterocycles. The van der Waals surface area contributed by atoms with Crippen LogP contribution in [0.25, 0.3) is 10.9 Å². The number of esters is 1. The van der Waals surface area contributed by atoms with Crippen molar-refractivity contribution >= 4 is 50.3 Å². The number of amides is 1. The molecule has 0 atom stereocenters. The lowest BCUT2D eigenvalue weighted by molar-refractivity contribution is -0.143. The maximum Gasteiger partial charge on any atom is 0.325 e. The third kappa shape index (κ3) is 4.99. The molecular formula is C20H16BrClN2O4. The predicted octanol–water partition coefficient (Wildman–Crippen LogP) is 4.13. The number of hydrogen-bond donors (Lipinski definition) is 1. The number of pyridine rings is 1. The number of fused-ring (bicyclic) bond motifs is 1. The summed E-state index contributed by atoms with van der Waals surface area (Å²) >= 11 is 9.48. The maximum atomic E-state index is 12.0. The van der Waals surface area contributed by atoms with E-state index in [4.69, 9.17) is 21.1 Å². The Morgan fingerprint density at radius 3 is 2.75 bits per heavy atom. The Kier molecular flexibility index (Phi) is 6.49. The molecule has 0 saturated carbocycles. The van der Waals surface area contributed by atoms with Gasteiger partial charge in [-0.1, -0.05) is 33.6 Å². The van der Waals surface area contributed by atoms with Gasteiger partial charge in [0.1, 0.15) is 24.1 Å². The van der Waals surface area contributed by atoms with E-state index in [1.807, 2.05) is 18.2 Å². The van der Waals surface area contributed by atoms with E-state index in [0.717, 1.165) is 9.86 Å². The minimum Gasteiger partial charge on any atom is -0.497 e. The Balaban J connectivity index is 1.58. The predicted molar refractivity (Wildman–Crippen MR) is 110 cm³/mol. The van der Waals surface area contributed by atoms with Crippen LogP contribution >= 0.6 is 27.5 Å². The topological polar surface area (TPSA) is 77.5 Å². The van der Waals surface area contributed by atoms with Crippen LogP contribution in [0.4, 0.5) is 0 Å². The molecule has 0 spiro atoms. The number of methoxy groups -OCH3 is 1. The molecular weight excluding hydrogens is 448 g/mol. The Bertz CT molecular complexity index is 1040. The van der Waals surface area contributed by atoms with Gasteiger partial charge in [-0.3, -0.25) is 9.59 Å². The van der Waals surface area contributed by atoms with Gasteiger partial charge in [-0.05, 0) is 36.4 Å². The first-order valence-electron chi connectivity index (χ1n) is 8.29. The van der Waals surface area contributed by atoms with Crippen LogP contribution in [0.15, 0.2) is 53.0 Å². The fraction of sp³-hybridized carbons (Fsp3) is 0.150. The van der Waals surface area contributed by atoms with E-state index in [1.54, 1.807) is 37.4 Å². The van der Waals surface area contributed by atoms with Gasteiger partial charge in [0.2, 0.25) is 0 Å². The highest BCUT2D eigenvalue weighted by Gasteiger charge is 2.12. The van der Waals surface area contributed by atoms with E-state index in [9.17, 15) is 9.59 Å². The van der Waals surface area contributed by atoms with Crippen LogP contribution in [-0.2, 0) is 16.1 Å². The molecule has 144 valence electrons. The van der Waals surface area contributed by atoms with Crippen molar-refractivity contribution in [2.75, 3.05) is 13.7 Å². The van der Waals surface area contributed by atoms with Crippen molar-refractivity contribution in [3.05, 3.63) is 69.3 Å². The number of ether oxygens (including phenoxy) is 2. The average Bonchev–Trinajstić information content (AvgIpc) is 2.69. The molecule has 8 heteroatoms. The van der Waals surface area contributed by atoms with Gasteiger partial charge in [-0.15, -0.1) is 0 Å². The first-order chi connectivity index (χ1) is 13.5. The monoisotopic (exact) mass is 462 g/mol. The number of halogens is 2. The van der Waals surface area contributed by atoms with Crippen LogP contribution in [-0.4, -0.2) is 30.5 Å². The summed E-state index contributed by atoms with van der Waals surface area (Å²) in [5.41, 5.74) is 1.70. The molecule has 2 aromatic carbocycles. The molecule has 3 rings (SSSR count). The lowest BCUT2D eigenvalue weighted by Gasteiger charge is -2.09. The maximum absolute atomic E-state index is 12.0. The first kappa shape index (κ1) is 20.1. The fourth-order valence-electron chi connectivity index (χ4n) is 2.49. The molecule has 0 fully saturated rings. The van der Waals surface area contributed by atoms with Gasteiger partial charge < -0.3 is 14.8 Å². The van der Waals surface area contributed by atoms with Crippen molar-refractivity contribution < 1.29 is 19.1 Å². The van der Waals surface area contributed by atoms with Crippen molar-refractivity contribution in [2.45, 2.75) is 6.61 Å². The van der Waals surface area contributed by atoms with E-state index in [2.05, 4.69) is 26.2 Å². The molecule has 0 radical (unpaired) electrons. The molecule has 0 saturated heterocycles. The molecule has 0 aliphatic heterocycles. The summed E-state index contributed by atoms with van der Waals surface area (Å²) in [7, 11) is 1.58. The summed E-state index contributed by atoms with van der Waals surface area (Å²) in [6.07, 6.45) is 0. The van der Waals surface area contributed by atoms with Gasteiger partial charge in [0, 0.05) is 27.1 Å². The molecule has 3 aromatic rings. The molecule has 6 nitrogen and oxygen atoms in total. The zero-order chi connectivity index (χ0) is 20.1. The number of carbonyl (C=O) groups is 2. The van der Waals surface area contributed by atoms with Gasteiger partial charge in [-0.2, -0.15) is 0 Å². The highest BCUT2D eigenvalue weighted by Crippen LogP contribution is 2.24. The molecule has 0 bridgehead atoms. The van der Waals surface area contributed by atoms with Crippen LogP contribution in [0, 0.1) is 0 Å². The van der Waals surface area contributed by atoms with E-state index in [0.29, 0.717) is 22.4 Å². The second-order valence-corrected chi connectivity index (χ2v) is 7.12. The average molecular weight is 464 g/mol. The van der Waals surface area contributed by atoms with E-state index < -0.39 is 5.97 Å². The number of aromatic nitrogens is 1. The minimum atomic E-state index is -0.575. The van der Waals surface area contributed by atoms with E-state index in [1.165, 1.54) is 0 Å². The second kappa shape index (κ2) is 9.03. The number of carbonyl (C=O) groups excluding carboxylic acids is 2. The molecule has 1 N–H and O–H groups in total. The lowest BCUT2D eigenvalue weighted by Crippen LogP contribution is -2.30. The van der Waals surface area contributed by atoms with Gasteiger partial charge in [-0.25, -0.2) is 4.98 Å². The third-order valence-electron chi connectivity index (χ3n) is 3.92. The smallest absolute Gasteiger partial charge is 0.325 e. The van der Waals surface area contributed by atoms with E-state index >= 15 is 0 Å². The van der Waals surface area contributed by atoms with Crippen molar-refractivity contribution in [1.29, 1.82) is 0 Å². The number of benzene rings is 2.